The second kappa shape index (κ2) is 10.4. The predicted molar refractivity (Wildman–Crippen MR) is 117 cm³/mol. The zero-order valence-corrected chi connectivity index (χ0v) is 17.7. The van der Waals surface area contributed by atoms with Gasteiger partial charge in [0, 0.05) is 43.4 Å². The molecule has 1 aliphatic rings. The molecular formula is C22H26ClFN4O2. The Bertz CT molecular complexity index is 900. The Labute approximate surface area is 181 Å². The number of amides is 2. The summed E-state index contributed by atoms with van der Waals surface area (Å²) < 4.78 is 13.9. The van der Waals surface area contributed by atoms with Gasteiger partial charge in [-0.25, -0.2) is 4.39 Å². The molecule has 0 aliphatic carbocycles. The van der Waals surface area contributed by atoms with Gasteiger partial charge in [-0.15, -0.1) is 0 Å². The summed E-state index contributed by atoms with van der Waals surface area (Å²) in [6, 6.07) is 11.9. The Kier molecular flexibility index (Phi) is 7.65. The number of carbonyl (C=O) groups is 2. The van der Waals surface area contributed by atoms with Gasteiger partial charge in [0.05, 0.1) is 5.69 Å². The third kappa shape index (κ3) is 5.93. The van der Waals surface area contributed by atoms with Crippen molar-refractivity contribution < 1.29 is 14.0 Å². The second-order valence-electron chi connectivity index (χ2n) is 7.30. The summed E-state index contributed by atoms with van der Waals surface area (Å²) in [4.78, 5) is 28.4. The van der Waals surface area contributed by atoms with Crippen molar-refractivity contribution in [3.63, 3.8) is 0 Å². The molecule has 8 heteroatoms. The summed E-state index contributed by atoms with van der Waals surface area (Å²) in [5.41, 5.74) is 2.00. The first-order valence-corrected chi connectivity index (χ1v) is 10.4. The number of aryl methyl sites for hydroxylation is 1. The predicted octanol–water partition coefficient (Wildman–Crippen LogP) is 3.05. The van der Waals surface area contributed by atoms with Gasteiger partial charge in [-0.05, 0) is 49.7 Å². The van der Waals surface area contributed by atoms with Crippen LogP contribution in [0.2, 0.25) is 5.02 Å². The number of anilines is 2. The fourth-order valence-electron chi connectivity index (χ4n) is 3.41. The van der Waals surface area contributed by atoms with Crippen molar-refractivity contribution in [3.8, 4) is 0 Å². The lowest BCUT2D eigenvalue weighted by Crippen LogP contribution is -2.47. The third-order valence-corrected chi connectivity index (χ3v) is 5.39. The summed E-state index contributed by atoms with van der Waals surface area (Å²) in [6.45, 7) is 6.22. The monoisotopic (exact) mass is 432 g/mol. The summed E-state index contributed by atoms with van der Waals surface area (Å²) in [5.74, 6) is -1.57. The number of benzene rings is 2. The van der Waals surface area contributed by atoms with E-state index in [-0.39, 0.29) is 5.82 Å². The molecule has 1 fully saturated rings. The number of carbonyl (C=O) groups excluding carboxylic acids is 2. The minimum absolute atomic E-state index is 0.195. The Balaban J connectivity index is 1.35. The molecule has 3 rings (SSSR count). The molecular weight excluding hydrogens is 407 g/mol. The largest absolute Gasteiger partial charge is 0.367 e. The number of piperazine rings is 1. The molecule has 0 bridgehead atoms. The SMILES string of the molecule is Cc1ccc(Cl)cc1NC(=O)C(=O)NCCCN1CCN(c2ccccc2F)CC1. The maximum atomic E-state index is 13.9. The summed E-state index contributed by atoms with van der Waals surface area (Å²) >= 11 is 5.93. The van der Waals surface area contributed by atoms with Crippen LogP contribution in [0, 0.1) is 12.7 Å². The van der Waals surface area contributed by atoms with Gasteiger partial charge in [-0.1, -0.05) is 29.8 Å². The number of halogens is 2. The van der Waals surface area contributed by atoms with Crippen molar-refractivity contribution in [1.82, 2.24) is 10.2 Å². The van der Waals surface area contributed by atoms with Gasteiger partial charge < -0.3 is 15.5 Å². The van der Waals surface area contributed by atoms with Crippen LogP contribution in [-0.4, -0.2) is 56.0 Å². The Hall–Kier alpha value is -2.64. The zero-order valence-electron chi connectivity index (χ0n) is 17.0. The molecule has 1 saturated heterocycles. The highest BCUT2D eigenvalue weighted by Crippen LogP contribution is 2.21. The molecule has 2 N–H and O–H groups in total. The molecule has 0 saturated carbocycles. The van der Waals surface area contributed by atoms with Crippen molar-refractivity contribution in [1.29, 1.82) is 0 Å². The first kappa shape index (κ1) is 22.1. The molecule has 0 atom stereocenters. The van der Waals surface area contributed by atoms with Crippen LogP contribution in [0.15, 0.2) is 42.5 Å². The highest BCUT2D eigenvalue weighted by Gasteiger charge is 2.19. The fraction of sp³-hybridized carbons (Fsp3) is 0.364. The van der Waals surface area contributed by atoms with E-state index in [4.69, 9.17) is 11.6 Å². The molecule has 0 aromatic heterocycles. The first-order valence-electron chi connectivity index (χ1n) is 10.0. The third-order valence-electron chi connectivity index (χ3n) is 5.16. The van der Waals surface area contributed by atoms with Crippen LogP contribution < -0.4 is 15.5 Å². The van der Waals surface area contributed by atoms with Crippen molar-refractivity contribution in [2.24, 2.45) is 0 Å². The quantitative estimate of drug-likeness (QED) is 0.544. The van der Waals surface area contributed by atoms with E-state index in [0.29, 0.717) is 22.9 Å². The van der Waals surface area contributed by atoms with E-state index in [1.165, 1.54) is 6.07 Å². The molecule has 30 heavy (non-hydrogen) atoms. The summed E-state index contributed by atoms with van der Waals surface area (Å²) in [7, 11) is 0. The first-order chi connectivity index (χ1) is 14.4. The van der Waals surface area contributed by atoms with Crippen molar-refractivity contribution in [2.45, 2.75) is 13.3 Å². The lowest BCUT2D eigenvalue weighted by molar-refractivity contribution is -0.136. The van der Waals surface area contributed by atoms with Gasteiger partial charge in [-0.3, -0.25) is 14.5 Å². The Morgan fingerprint density at radius 3 is 2.53 bits per heavy atom. The number of para-hydroxylation sites is 1. The Morgan fingerprint density at radius 1 is 1.07 bits per heavy atom. The van der Waals surface area contributed by atoms with E-state index in [1.807, 2.05) is 13.0 Å². The van der Waals surface area contributed by atoms with E-state index < -0.39 is 11.8 Å². The number of nitrogens with one attached hydrogen (secondary N) is 2. The molecule has 2 aromatic carbocycles. The average Bonchev–Trinajstić information content (AvgIpc) is 2.74. The minimum atomic E-state index is -0.709. The van der Waals surface area contributed by atoms with Gasteiger partial charge in [-0.2, -0.15) is 0 Å². The molecule has 1 aliphatic heterocycles. The van der Waals surface area contributed by atoms with E-state index in [9.17, 15) is 14.0 Å². The van der Waals surface area contributed by atoms with Crippen LogP contribution in [0.25, 0.3) is 0 Å². The normalized spacial score (nSPS) is 14.4. The van der Waals surface area contributed by atoms with Crippen molar-refractivity contribution in [3.05, 3.63) is 58.9 Å². The van der Waals surface area contributed by atoms with Crippen LogP contribution >= 0.6 is 11.6 Å². The lowest BCUT2D eigenvalue weighted by Gasteiger charge is -2.36. The molecule has 0 spiro atoms. The Morgan fingerprint density at radius 2 is 1.80 bits per heavy atom. The van der Waals surface area contributed by atoms with E-state index in [2.05, 4.69) is 20.4 Å². The molecule has 160 valence electrons. The standard InChI is InChI=1S/C22H26ClFN4O2/c1-16-7-8-17(23)15-19(16)26-22(30)21(29)25-9-4-10-27-11-13-28(14-12-27)20-6-3-2-5-18(20)24/h2-3,5-8,15H,4,9-14H2,1H3,(H,25,29)(H,26,30). The summed E-state index contributed by atoms with van der Waals surface area (Å²) in [5, 5.41) is 5.72. The van der Waals surface area contributed by atoms with Gasteiger partial charge in [0.1, 0.15) is 5.82 Å². The van der Waals surface area contributed by atoms with E-state index in [0.717, 1.165) is 44.7 Å². The number of hydrogen-bond donors (Lipinski definition) is 2. The summed E-state index contributed by atoms with van der Waals surface area (Å²) in [6.07, 6.45) is 0.731. The van der Waals surface area contributed by atoms with E-state index in [1.54, 1.807) is 30.3 Å². The highest BCUT2D eigenvalue weighted by molar-refractivity contribution is 6.40. The number of nitrogens with zero attached hydrogens (tertiary/aromatic N) is 2. The van der Waals surface area contributed by atoms with Crippen molar-refractivity contribution >= 4 is 34.8 Å². The molecule has 0 unspecified atom stereocenters. The van der Waals surface area contributed by atoms with Gasteiger partial charge >= 0.3 is 11.8 Å². The zero-order chi connectivity index (χ0) is 21.5. The van der Waals surface area contributed by atoms with Gasteiger partial charge in [0.2, 0.25) is 0 Å². The molecule has 6 nitrogen and oxygen atoms in total. The topological polar surface area (TPSA) is 64.7 Å². The smallest absolute Gasteiger partial charge is 0.313 e. The van der Waals surface area contributed by atoms with Gasteiger partial charge in [0.25, 0.3) is 0 Å². The van der Waals surface area contributed by atoms with Crippen LogP contribution in [0.4, 0.5) is 15.8 Å². The van der Waals surface area contributed by atoms with Crippen LogP contribution in [0.1, 0.15) is 12.0 Å². The maximum Gasteiger partial charge on any atom is 0.313 e. The maximum absolute atomic E-state index is 13.9. The fourth-order valence-corrected chi connectivity index (χ4v) is 3.59. The molecule has 2 amide bonds. The van der Waals surface area contributed by atoms with Crippen LogP contribution in [-0.2, 0) is 9.59 Å². The minimum Gasteiger partial charge on any atom is -0.367 e. The number of hydrogen-bond acceptors (Lipinski definition) is 4. The van der Waals surface area contributed by atoms with Crippen molar-refractivity contribution in [2.75, 3.05) is 49.5 Å². The van der Waals surface area contributed by atoms with Crippen LogP contribution in [0.5, 0.6) is 0 Å². The van der Waals surface area contributed by atoms with Gasteiger partial charge in [0.15, 0.2) is 0 Å². The van der Waals surface area contributed by atoms with E-state index >= 15 is 0 Å². The highest BCUT2D eigenvalue weighted by atomic mass is 35.5. The lowest BCUT2D eigenvalue weighted by atomic mass is 10.2. The van der Waals surface area contributed by atoms with Crippen LogP contribution in [0.3, 0.4) is 0 Å². The average molecular weight is 433 g/mol. The number of rotatable bonds is 6. The molecule has 1 heterocycles. The second-order valence-corrected chi connectivity index (χ2v) is 7.74. The molecule has 2 aromatic rings. The molecule has 0 radical (unpaired) electrons.